The fraction of sp³-hybridized carbons (Fsp3) is 0.208. The Morgan fingerprint density at radius 1 is 1.06 bits per heavy atom. The molecule has 0 saturated heterocycles. The number of nitrogens with zero attached hydrogens (tertiary/aromatic N) is 5. The first-order valence-corrected chi connectivity index (χ1v) is 10.3. The molecule has 0 aliphatic heterocycles. The molecule has 0 atom stereocenters. The average Bonchev–Trinajstić information content (AvgIpc) is 3.48. The Hall–Kier alpha value is -3.87. The van der Waals surface area contributed by atoms with E-state index in [4.69, 9.17) is 0 Å². The predicted molar refractivity (Wildman–Crippen MR) is 124 cm³/mol. The van der Waals surface area contributed by atoms with Crippen LogP contribution in [-0.2, 0) is 13.0 Å². The van der Waals surface area contributed by atoms with Crippen LogP contribution >= 0.6 is 0 Å². The SMILES string of the molecule is CN=C(NCCc1cnn(-c2ccccc2)c1)N(C)Cc1ncc(-c2ccccc2)[nH]1. The molecule has 2 heterocycles. The van der Waals surface area contributed by atoms with E-state index in [0.29, 0.717) is 6.54 Å². The second-order valence-corrected chi connectivity index (χ2v) is 7.32. The topological polar surface area (TPSA) is 74.1 Å². The number of nitrogens with one attached hydrogen (secondary N) is 2. The molecule has 2 aromatic carbocycles. The maximum absolute atomic E-state index is 4.52. The smallest absolute Gasteiger partial charge is 0.193 e. The van der Waals surface area contributed by atoms with Gasteiger partial charge < -0.3 is 15.2 Å². The summed E-state index contributed by atoms with van der Waals surface area (Å²) in [5.74, 6) is 1.72. The van der Waals surface area contributed by atoms with Crippen molar-refractivity contribution in [3.05, 3.63) is 90.6 Å². The Morgan fingerprint density at radius 3 is 2.55 bits per heavy atom. The van der Waals surface area contributed by atoms with Crippen molar-refractivity contribution in [1.82, 2.24) is 30.0 Å². The zero-order valence-corrected chi connectivity index (χ0v) is 17.9. The van der Waals surface area contributed by atoms with Gasteiger partial charge in [-0.25, -0.2) is 9.67 Å². The van der Waals surface area contributed by atoms with E-state index in [9.17, 15) is 0 Å². The highest BCUT2D eigenvalue weighted by atomic mass is 15.3. The lowest BCUT2D eigenvalue weighted by atomic mass is 10.2. The molecule has 0 radical (unpaired) electrons. The fourth-order valence-electron chi connectivity index (χ4n) is 3.42. The van der Waals surface area contributed by atoms with Gasteiger partial charge in [-0.15, -0.1) is 0 Å². The van der Waals surface area contributed by atoms with E-state index in [-0.39, 0.29) is 0 Å². The molecule has 0 fully saturated rings. The van der Waals surface area contributed by atoms with Crippen LogP contribution < -0.4 is 5.32 Å². The normalized spacial score (nSPS) is 11.5. The third-order valence-electron chi connectivity index (χ3n) is 5.03. The Kier molecular flexibility index (Phi) is 6.42. The number of imidazole rings is 1. The zero-order valence-electron chi connectivity index (χ0n) is 17.9. The molecule has 0 saturated carbocycles. The number of para-hydroxylation sites is 1. The molecule has 4 rings (SSSR count). The van der Waals surface area contributed by atoms with E-state index in [1.54, 1.807) is 7.05 Å². The molecule has 31 heavy (non-hydrogen) atoms. The van der Waals surface area contributed by atoms with E-state index < -0.39 is 0 Å². The van der Waals surface area contributed by atoms with Gasteiger partial charge in [0.2, 0.25) is 0 Å². The lowest BCUT2D eigenvalue weighted by Crippen LogP contribution is -2.39. The van der Waals surface area contributed by atoms with Gasteiger partial charge >= 0.3 is 0 Å². The Morgan fingerprint density at radius 2 is 1.81 bits per heavy atom. The first-order chi connectivity index (χ1) is 15.2. The van der Waals surface area contributed by atoms with E-state index in [0.717, 1.165) is 41.7 Å². The van der Waals surface area contributed by atoms with Crippen LogP contribution in [0.25, 0.3) is 16.9 Å². The van der Waals surface area contributed by atoms with E-state index in [1.807, 2.05) is 72.7 Å². The van der Waals surface area contributed by atoms with Crippen molar-refractivity contribution < 1.29 is 0 Å². The minimum Gasteiger partial charge on any atom is -0.356 e. The Bertz CT molecular complexity index is 1110. The molecular weight excluding hydrogens is 386 g/mol. The highest BCUT2D eigenvalue weighted by Crippen LogP contribution is 2.16. The van der Waals surface area contributed by atoms with Crippen molar-refractivity contribution in [1.29, 1.82) is 0 Å². The van der Waals surface area contributed by atoms with Gasteiger partial charge in [0.25, 0.3) is 0 Å². The molecule has 0 aliphatic carbocycles. The van der Waals surface area contributed by atoms with Crippen LogP contribution in [0.1, 0.15) is 11.4 Å². The number of hydrogen-bond acceptors (Lipinski definition) is 3. The maximum atomic E-state index is 4.52. The van der Waals surface area contributed by atoms with Gasteiger partial charge in [0.15, 0.2) is 5.96 Å². The summed E-state index contributed by atoms with van der Waals surface area (Å²) in [6.45, 7) is 1.41. The summed E-state index contributed by atoms with van der Waals surface area (Å²) in [5, 5.41) is 7.88. The molecule has 4 aromatic rings. The minimum absolute atomic E-state index is 0.637. The number of rotatable bonds is 7. The predicted octanol–water partition coefficient (Wildman–Crippen LogP) is 3.51. The average molecular weight is 414 g/mol. The van der Waals surface area contributed by atoms with Gasteiger partial charge in [0.1, 0.15) is 5.82 Å². The quantitative estimate of drug-likeness (QED) is 0.359. The van der Waals surface area contributed by atoms with Crippen LogP contribution in [0.5, 0.6) is 0 Å². The Labute approximate surface area is 182 Å². The summed E-state index contributed by atoms with van der Waals surface area (Å²) in [6.07, 6.45) is 6.71. The lowest BCUT2D eigenvalue weighted by Gasteiger charge is -2.21. The van der Waals surface area contributed by atoms with E-state index >= 15 is 0 Å². The third-order valence-corrected chi connectivity index (χ3v) is 5.03. The first-order valence-electron chi connectivity index (χ1n) is 10.3. The number of hydrogen-bond donors (Lipinski definition) is 2. The number of aromatic nitrogens is 4. The molecule has 0 amide bonds. The van der Waals surface area contributed by atoms with Crippen molar-refractivity contribution in [2.75, 3.05) is 20.6 Å². The van der Waals surface area contributed by atoms with E-state index in [2.05, 4.69) is 48.6 Å². The monoisotopic (exact) mass is 413 g/mol. The highest BCUT2D eigenvalue weighted by Gasteiger charge is 2.10. The van der Waals surface area contributed by atoms with E-state index in [1.165, 1.54) is 5.56 Å². The van der Waals surface area contributed by atoms with Gasteiger partial charge in [-0.05, 0) is 29.7 Å². The number of benzene rings is 2. The van der Waals surface area contributed by atoms with Gasteiger partial charge in [-0.3, -0.25) is 4.99 Å². The standard InChI is InChI=1S/C24H27N7/c1-25-24(26-14-13-19-15-28-31(17-19)21-11-7-4-8-12-21)30(2)18-23-27-16-22(29-23)20-9-5-3-6-10-20/h3-12,15-17H,13-14,18H2,1-2H3,(H,25,26)(H,27,29). The van der Waals surface area contributed by atoms with Crippen LogP contribution in [0, 0.1) is 0 Å². The number of guanidine groups is 1. The van der Waals surface area contributed by atoms with Gasteiger partial charge in [0.05, 0.1) is 30.3 Å². The summed E-state index contributed by atoms with van der Waals surface area (Å²) >= 11 is 0. The fourth-order valence-corrected chi connectivity index (χ4v) is 3.42. The summed E-state index contributed by atoms with van der Waals surface area (Å²) in [7, 11) is 3.80. The summed E-state index contributed by atoms with van der Waals surface area (Å²) in [5.41, 5.74) is 4.38. The van der Waals surface area contributed by atoms with Gasteiger partial charge in [-0.1, -0.05) is 48.5 Å². The minimum atomic E-state index is 0.637. The third kappa shape index (κ3) is 5.19. The number of H-pyrrole nitrogens is 1. The van der Waals surface area contributed by atoms with Gasteiger partial charge in [0, 0.05) is 26.8 Å². The van der Waals surface area contributed by atoms with Crippen LogP contribution in [0.3, 0.4) is 0 Å². The molecule has 158 valence electrons. The molecule has 2 aromatic heterocycles. The maximum Gasteiger partial charge on any atom is 0.193 e. The summed E-state index contributed by atoms with van der Waals surface area (Å²) in [6, 6.07) is 20.3. The first kappa shape index (κ1) is 20.4. The number of aliphatic imine (C=N–C) groups is 1. The zero-order chi connectivity index (χ0) is 21.5. The van der Waals surface area contributed by atoms with Crippen LogP contribution in [0.15, 0.2) is 84.2 Å². The van der Waals surface area contributed by atoms with Crippen molar-refractivity contribution in [3.63, 3.8) is 0 Å². The van der Waals surface area contributed by atoms with Crippen molar-refractivity contribution in [3.8, 4) is 16.9 Å². The molecule has 0 unspecified atom stereocenters. The molecular formula is C24H27N7. The molecule has 7 nitrogen and oxygen atoms in total. The van der Waals surface area contributed by atoms with Crippen LogP contribution in [0.2, 0.25) is 0 Å². The van der Waals surface area contributed by atoms with Crippen molar-refractivity contribution in [2.24, 2.45) is 4.99 Å². The molecule has 0 aliphatic rings. The largest absolute Gasteiger partial charge is 0.356 e. The van der Waals surface area contributed by atoms with Crippen molar-refractivity contribution >= 4 is 5.96 Å². The molecule has 0 bridgehead atoms. The molecule has 2 N–H and O–H groups in total. The van der Waals surface area contributed by atoms with Gasteiger partial charge in [-0.2, -0.15) is 5.10 Å². The second kappa shape index (κ2) is 9.75. The Balaban J connectivity index is 1.29. The lowest BCUT2D eigenvalue weighted by molar-refractivity contribution is 0.464. The summed E-state index contributed by atoms with van der Waals surface area (Å²) in [4.78, 5) is 14.4. The second-order valence-electron chi connectivity index (χ2n) is 7.32. The van der Waals surface area contributed by atoms with Crippen LogP contribution in [-0.4, -0.2) is 51.2 Å². The van der Waals surface area contributed by atoms with Crippen LogP contribution in [0.4, 0.5) is 0 Å². The summed E-state index contributed by atoms with van der Waals surface area (Å²) < 4.78 is 1.90. The number of aromatic amines is 1. The molecule has 0 spiro atoms. The molecule has 7 heteroatoms. The highest BCUT2D eigenvalue weighted by molar-refractivity contribution is 5.79. The van der Waals surface area contributed by atoms with Crippen molar-refractivity contribution in [2.45, 2.75) is 13.0 Å².